The zero-order valence-corrected chi connectivity index (χ0v) is 13.2. The van der Waals surface area contributed by atoms with Crippen LogP contribution in [-0.4, -0.2) is 40.9 Å². The van der Waals surface area contributed by atoms with E-state index in [0.29, 0.717) is 6.54 Å². The summed E-state index contributed by atoms with van der Waals surface area (Å²) < 4.78 is 0.264. The molecule has 1 saturated heterocycles. The molecule has 2 N–H and O–H groups in total. The fourth-order valence-electron chi connectivity index (χ4n) is 2.53. The van der Waals surface area contributed by atoms with E-state index in [1.165, 1.54) is 0 Å². The van der Waals surface area contributed by atoms with E-state index in [0.717, 1.165) is 30.8 Å². The van der Waals surface area contributed by atoms with Crippen molar-refractivity contribution in [3.05, 3.63) is 35.9 Å². The molecule has 0 aromatic heterocycles. The van der Waals surface area contributed by atoms with Gasteiger partial charge in [0.05, 0.1) is 5.92 Å². The number of nitrogens with two attached hydrogens (primary N) is 1. The van der Waals surface area contributed by atoms with Gasteiger partial charge in [0.2, 0.25) is 5.91 Å². The molecular formula is C16H24N2OS. The van der Waals surface area contributed by atoms with Gasteiger partial charge >= 0.3 is 0 Å². The first-order chi connectivity index (χ1) is 9.53. The van der Waals surface area contributed by atoms with Crippen molar-refractivity contribution < 1.29 is 4.79 Å². The number of carbonyl (C=O) groups excluding carboxylic acids is 1. The van der Waals surface area contributed by atoms with E-state index in [2.05, 4.69) is 13.8 Å². The highest BCUT2D eigenvalue weighted by atomic mass is 32.2. The summed E-state index contributed by atoms with van der Waals surface area (Å²) in [5, 5.41) is 0. The molecule has 1 aliphatic heterocycles. The number of nitrogens with zero attached hydrogens (tertiary/aromatic N) is 1. The van der Waals surface area contributed by atoms with Crippen molar-refractivity contribution in [3.63, 3.8) is 0 Å². The lowest BCUT2D eigenvalue weighted by atomic mass is 9.97. The molecule has 1 unspecified atom stereocenters. The molecule has 1 aliphatic rings. The van der Waals surface area contributed by atoms with E-state index in [9.17, 15) is 4.79 Å². The summed E-state index contributed by atoms with van der Waals surface area (Å²) >= 11 is 1.95. The molecule has 1 heterocycles. The lowest BCUT2D eigenvalue weighted by molar-refractivity contribution is -0.132. The van der Waals surface area contributed by atoms with E-state index in [1.807, 2.05) is 47.0 Å². The van der Waals surface area contributed by atoms with Crippen LogP contribution < -0.4 is 5.73 Å². The zero-order chi connectivity index (χ0) is 14.6. The summed E-state index contributed by atoms with van der Waals surface area (Å²) in [6.45, 7) is 6.54. The van der Waals surface area contributed by atoms with Crippen LogP contribution >= 0.6 is 11.8 Å². The Morgan fingerprint density at radius 2 is 2.05 bits per heavy atom. The predicted octanol–water partition coefficient (Wildman–Crippen LogP) is 2.47. The average molecular weight is 292 g/mol. The minimum atomic E-state index is -0.206. The molecule has 2 rings (SSSR count). The highest BCUT2D eigenvalue weighted by Crippen LogP contribution is 2.31. The third-order valence-electron chi connectivity index (χ3n) is 3.89. The maximum atomic E-state index is 12.7. The first-order valence-corrected chi connectivity index (χ1v) is 8.20. The summed E-state index contributed by atoms with van der Waals surface area (Å²) in [7, 11) is 0. The summed E-state index contributed by atoms with van der Waals surface area (Å²) in [5.41, 5.74) is 6.88. The van der Waals surface area contributed by atoms with Crippen molar-refractivity contribution in [1.82, 2.24) is 4.90 Å². The molecule has 1 amide bonds. The zero-order valence-electron chi connectivity index (χ0n) is 12.3. The Kier molecular flexibility index (Phi) is 5.11. The molecular weight excluding hydrogens is 268 g/mol. The van der Waals surface area contributed by atoms with Gasteiger partial charge in [0.1, 0.15) is 0 Å². The van der Waals surface area contributed by atoms with E-state index < -0.39 is 0 Å². The molecule has 3 nitrogen and oxygen atoms in total. The second-order valence-electron chi connectivity index (χ2n) is 5.88. The van der Waals surface area contributed by atoms with Crippen LogP contribution in [0.4, 0.5) is 0 Å². The first kappa shape index (κ1) is 15.4. The van der Waals surface area contributed by atoms with Gasteiger partial charge in [0.15, 0.2) is 0 Å². The molecule has 1 aromatic rings. The number of benzene rings is 1. The Balaban J connectivity index is 2.09. The lowest BCUT2D eigenvalue weighted by Gasteiger charge is -2.26. The van der Waals surface area contributed by atoms with E-state index in [4.69, 9.17) is 5.73 Å². The van der Waals surface area contributed by atoms with E-state index >= 15 is 0 Å². The molecule has 20 heavy (non-hydrogen) atoms. The fraction of sp³-hybridized carbons (Fsp3) is 0.562. The Labute approximate surface area is 125 Å². The third-order valence-corrected chi connectivity index (χ3v) is 5.26. The number of thioether (sulfide) groups is 1. The van der Waals surface area contributed by atoms with E-state index in [1.54, 1.807) is 0 Å². The van der Waals surface area contributed by atoms with E-state index in [-0.39, 0.29) is 16.6 Å². The predicted molar refractivity (Wildman–Crippen MR) is 86.0 cm³/mol. The summed E-state index contributed by atoms with van der Waals surface area (Å²) in [6.07, 6.45) is 1.04. The summed E-state index contributed by atoms with van der Waals surface area (Å²) in [6, 6.07) is 9.88. The molecule has 0 spiro atoms. The van der Waals surface area contributed by atoms with Gasteiger partial charge in [-0.1, -0.05) is 44.2 Å². The quantitative estimate of drug-likeness (QED) is 0.931. The van der Waals surface area contributed by atoms with Crippen molar-refractivity contribution >= 4 is 17.7 Å². The number of hydrogen-bond acceptors (Lipinski definition) is 3. The molecule has 1 aromatic carbocycles. The van der Waals surface area contributed by atoms with Crippen LogP contribution in [0.25, 0.3) is 0 Å². The van der Waals surface area contributed by atoms with Crippen LogP contribution in [0.3, 0.4) is 0 Å². The van der Waals surface area contributed by atoms with Gasteiger partial charge in [-0.2, -0.15) is 11.8 Å². The van der Waals surface area contributed by atoms with Gasteiger partial charge in [0, 0.05) is 30.1 Å². The number of carbonyl (C=O) groups is 1. The van der Waals surface area contributed by atoms with Gasteiger partial charge in [0.25, 0.3) is 0 Å². The number of amides is 1. The summed E-state index contributed by atoms with van der Waals surface area (Å²) in [4.78, 5) is 14.7. The Bertz CT molecular complexity index is 447. The third kappa shape index (κ3) is 3.76. The Hall–Kier alpha value is -1.00. The summed E-state index contributed by atoms with van der Waals surface area (Å²) in [5.74, 6) is 0.976. The molecule has 1 atom stereocenters. The Morgan fingerprint density at radius 3 is 2.70 bits per heavy atom. The van der Waals surface area contributed by atoms with Gasteiger partial charge in [-0.15, -0.1) is 0 Å². The van der Waals surface area contributed by atoms with Crippen molar-refractivity contribution in [3.8, 4) is 0 Å². The molecule has 0 aliphatic carbocycles. The molecule has 110 valence electrons. The average Bonchev–Trinajstić information content (AvgIpc) is 2.61. The maximum absolute atomic E-state index is 12.7. The molecule has 4 heteroatoms. The van der Waals surface area contributed by atoms with Gasteiger partial charge in [-0.25, -0.2) is 0 Å². The number of hydrogen-bond donors (Lipinski definition) is 1. The first-order valence-electron chi connectivity index (χ1n) is 7.21. The van der Waals surface area contributed by atoms with Gasteiger partial charge in [-0.05, 0) is 12.0 Å². The maximum Gasteiger partial charge on any atom is 0.231 e. The Morgan fingerprint density at radius 1 is 1.35 bits per heavy atom. The van der Waals surface area contributed by atoms with Gasteiger partial charge in [-0.3, -0.25) is 4.79 Å². The molecule has 0 saturated carbocycles. The van der Waals surface area contributed by atoms with Crippen molar-refractivity contribution in [2.75, 3.05) is 25.4 Å². The van der Waals surface area contributed by atoms with Crippen LogP contribution in [0.1, 0.15) is 31.7 Å². The second kappa shape index (κ2) is 6.64. The normalized spacial score (nSPS) is 20.2. The second-order valence-corrected chi connectivity index (χ2v) is 7.68. The fourth-order valence-corrected chi connectivity index (χ4v) is 3.63. The van der Waals surface area contributed by atoms with Crippen LogP contribution in [0.15, 0.2) is 30.3 Å². The lowest BCUT2D eigenvalue weighted by Crippen LogP contribution is -2.39. The standard InChI is InChI=1S/C16H24N2OS/c1-16(2)8-9-18(10-11-20-16)15(19)14(12-17)13-6-4-3-5-7-13/h3-7,14H,8-12,17H2,1-2H3. The monoisotopic (exact) mass is 292 g/mol. The molecule has 1 fully saturated rings. The van der Waals surface area contributed by atoms with Crippen LogP contribution in [-0.2, 0) is 4.79 Å². The minimum Gasteiger partial charge on any atom is -0.341 e. The smallest absolute Gasteiger partial charge is 0.231 e. The van der Waals surface area contributed by atoms with Crippen molar-refractivity contribution in [2.45, 2.75) is 30.9 Å². The largest absolute Gasteiger partial charge is 0.341 e. The van der Waals surface area contributed by atoms with Crippen molar-refractivity contribution in [1.29, 1.82) is 0 Å². The highest BCUT2D eigenvalue weighted by Gasteiger charge is 2.29. The van der Waals surface area contributed by atoms with Gasteiger partial charge < -0.3 is 10.6 Å². The highest BCUT2D eigenvalue weighted by molar-refractivity contribution is 8.00. The van der Waals surface area contributed by atoms with Crippen LogP contribution in [0, 0.1) is 0 Å². The minimum absolute atomic E-state index is 0.178. The van der Waals surface area contributed by atoms with Crippen LogP contribution in [0.2, 0.25) is 0 Å². The molecule has 0 bridgehead atoms. The molecule has 0 radical (unpaired) electrons. The van der Waals surface area contributed by atoms with Crippen molar-refractivity contribution in [2.24, 2.45) is 5.73 Å². The number of rotatable bonds is 3. The van der Waals surface area contributed by atoms with Crippen LogP contribution in [0.5, 0.6) is 0 Å². The topological polar surface area (TPSA) is 46.3 Å². The SMILES string of the molecule is CC1(C)CCN(C(=O)C(CN)c2ccccc2)CCS1.